The quantitative estimate of drug-likeness (QED) is 0.406. The molecule has 11 nitrogen and oxygen atoms in total. The van der Waals surface area contributed by atoms with E-state index in [0.29, 0.717) is 35.7 Å². The topological polar surface area (TPSA) is 135 Å². The van der Waals surface area contributed by atoms with Crippen LogP contribution < -0.4 is 25.6 Å². The molecule has 3 aromatic rings. The van der Waals surface area contributed by atoms with E-state index < -0.39 is 15.8 Å². The number of rotatable bonds is 4. The minimum atomic E-state index is -3.42. The number of nitrogens with two attached hydrogens (primary N) is 1. The number of nitrogens with one attached hydrogen (secondary N) is 3. The molecule has 194 valence electrons. The maximum Gasteiger partial charge on any atom is 0.232 e. The van der Waals surface area contributed by atoms with Crippen molar-refractivity contribution >= 4 is 38.9 Å². The summed E-state index contributed by atoms with van der Waals surface area (Å²) in [4.78, 5) is 17.4. The van der Waals surface area contributed by atoms with Crippen LogP contribution in [0.3, 0.4) is 0 Å². The van der Waals surface area contributed by atoms with E-state index in [1.807, 2.05) is 42.6 Å². The third-order valence-corrected chi connectivity index (χ3v) is 8.39. The van der Waals surface area contributed by atoms with Gasteiger partial charge in [0.2, 0.25) is 15.8 Å². The van der Waals surface area contributed by atoms with Gasteiger partial charge in [-0.3, -0.25) is 10.0 Å². The van der Waals surface area contributed by atoms with Gasteiger partial charge in [0, 0.05) is 50.7 Å². The summed E-state index contributed by atoms with van der Waals surface area (Å²) in [6, 6.07) is 11.6. The van der Waals surface area contributed by atoms with E-state index in [1.54, 1.807) is 6.20 Å². The van der Waals surface area contributed by atoms with Gasteiger partial charge in [-0.15, -0.1) is 0 Å². The average Bonchev–Trinajstić information content (AvgIpc) is 3.52. The number of sulfonamides is 1. The number of amidine groups is 1. The lowest BCUT2D eigenvalue weighted by Crippen LogP contribution is -2.47. The van der Waals surface area contributed by atoms with E-state index in [1.165, 1.54) is 10.6 Å². The Hall–Kier alpha value is -3.61. The molecule has 3 aliphatic rings. The van der Waals surface area contributed by atoms with Crippen molar-refractivity contribution in [2.45, 2.75) is 12.2 Å². The maximum absolute atomic E-state index is 12.5. The molecule has 3 aliphatic heterocycles. The van der Waals surface area contributed by atoms with Crippen molar-refractivity contribution in [3.8, 4) is 0 Å². The van der Waals surface area contributed by atoms with E-state index in [2.05, 4.69) is 32.5 Å². The van der Waals surface area contributed by atoms with Crippen molar-refractivity contribution in [1.82, 2.24) is 14.9 Å². The minimum Gasteiger partial charge on any atom is -0.354 e. The monoisotopic (exact) mass is 521 g/mol. The number of benzene rings is 1. The molecule has 0 aliphatic carbocycles. The van der Waals surface area contributed by atoms with Gasteiger partial charge in [0.25, 0.3) is 0 Å². The standard InChI is InChI=1S/C25H31N9O2S/c1-32-12-14-33(15-13-32)21-7-6-18(16-28-21)25(26)30-23-19(8-10-27-23)24(31-25)29-20-5-3-4-17-9-11-34(22(17)20)37(2,35)36/h3-8,10,16,27,30H,9,11-15,26H2,1-2H3,(H,29,31). The fourth-order valence-electron chi connectivity index (χ4n) is 5.17. The molecule has 1 saturated heterocycles. The number of pyridine rings is 1. The Bertz CT molecular complexity index is 1460. The highest BCUT2D eigenvalue weighted by Crippen LogP contribution is 2.38. The number of likely N-dealkylation sites (N-methyl/N-ethyl adjacent to an activating group) is 1. The number of para-hydroxylation sites is 1. The molecule has 12 heteroatoms. The first-order chi connectivity index (χ1) is 17.7. The van der Waals surface area contributed by atoms with Crippen LogP contribution in [0.15, 0.2) is 53.8 Å². The van der Waals surface area contributed by atoms with Crippen LogP contribution in [0, 0.1) is 0 Å². The lowest BCUT2D eigenvalue weighted by Gasteiger charge is -2.35. The molecule has 0 bridgehead atoms. The largest absolute Gasteiger partial charge is 0.354 e. The van der Waals surface area contributed by atoms with Crippen molar-refractivity contribution < 1.29 is 8.42 Å². The predicted molar refractivity (Wildman–Crippen MR) is 147 cm³/mol. The number of aromatic nitrogens is 2. The number of aliphatic imine (C=N–C) groups is 1. The zero-order valence-electron chi connectivity index (χ0n) is 20.9. The van der Waals surface area contributed by atoms with Gasteiger partial charge in [-0.1, -0.05) is 12.1 Å². The summed E-state index contributed by atoms with van der Waals surface area (Å²) >= 11 is 0. The zero-order valence-corrected chi connectivity index (χ0v) is 21.7. The summed E-state index contributed by atoms with van der Waals surface area (Å²) in [6.45, 7) is 4.28. The van der Waals surface area contributed by atoms with Gasteiger partial charge in [-0.2, -0.15) is 0 Å². The third-order valence-electron chi connectivity index (χ3n) is 7.23. The van der Waals surface area contributed by atoms with E-state index in [4.69, 9.17) is 15.7 Å². The summed E-state index contributed by atoms with van der Waals surface area (Å²) in [6.07, 6.45) is 5.47. The van der Waals surface area contributed by atoms with Crippen molar-refractivity contribution in [3.05, 3.63) is 65.5 Å². The van der Waals surface area contributed by atoms with E-state index in [-0.39, 0.29) is 0 Å². The second-order valence-electron chi connectivity index (χ2n) is 9.84. The summed E-state index contributed by atoms with van der Waals surface area (Å²) in [5.41, 5.74) is 10.6. The fourth-order valence-corrected chi connectivity index (χ4v) is 6.14. The molecule has 0 spiro atoms. The number of H-pyrrole nitrogens is 1. The number of anilines is 4. The first-order valence-corrected chi connectivity index (χ1v) is 14.2. The van der Waals surface area contributed by atoms with E-state index >= 15 is 0 Å². The van der Waals surface area contributed by atoms with E-state index in [9.17, 15) is 8.42 Å². The van der Waals surface area contributed by atoms with Crippen LogP contribution in [0.5, 0.6) is 0 Å². The van der Waals surface area contributed by atoms with Crippen molar-refractivity contribution in [3.63, 3.8) is 0 Å². The molecule has 6 rings (SSSR count). The Balaban J connectivity index is 1.34. The normalized spacial score (nSPS) is 21.8. The van der Waals surface area contributed by atoms with Crippen LogP contribution in [-0.2, 0) is 22.2 Å². The molecule has 1 aromatic carbocycles. The highest BCUT2D eigenvalue weighted by Gasteiger charge is 2.35. The first-order valence-electron chi connectivity index (χ1n) is 12.3. The number of nitrogens with zero attached hydrogens (tertiary/aromatic N) is 5. The smallest absolute Gasteiger partial charge is 0.232 e. The number of hydrogen-bond acceptors (Lipinski definition) is 9. The van der Waals surface area contributed by atoms with Gasteiger partial charge < -0.3 is 25.4 Å². The molecule has 5 N–H and O–H groups in total. The third kappa shape index (κ3) is 4.30. The molecule has 37 heavy (non-hydrogen) atoms. The molecular weight excluding hydrogens is 490 g/mol. The molecule has 0 saturated carbocycles. The highest BCUT2D eigenvalue weighted by atomic mass is 32.2. The summed E-state index contributed by atoms with van der Waals surface area (Å²) in [5, 5.41) is 6.69. The Morgan fingerprint density at radius 2 is 1.89 bits per heavy atom. The van der Waals surface area contributed by atoms with Crippen molar-refractivity contribution in [1.29, 1.82) is 0 Å². The second kappa shape index (κ2) is 8.75. The first kappa shape index (κ1) is 23.8. The van der Waals surface area contributed by atoms with Crippen LogP contribution >= 0.6 is 0 Å². The van der Waals surface area contributed by atoms with E-state index in [0.717, 1.165) is 48.9 Å². The number of hydrogen-bond donors (Lipinski definition) is 4. The lowest BCUT2D eigenvalue weighted by atomic mass is 10.1. The summed E-state index contributed by atoms with van der Waals surface area (Å²) < 4.78 is 26.4. The van der Waals surface area contributed by atoms with Crippen LogP contribution in [0.1, 0.15) is 16.7 Å². The molecule has 0 radical (unpaired) electrons. The average molecular weight is 522 g/mol. The summed E-state index contributed by atoms with van der Waals surface area (Å²) in [7, 11) is -1.29. The van der Waals surface area contributed by atoms with Crippen LogP contribution in [-0.4, -0.2) is 75.1 Å². The van der Waals surface area contributed by atoms with Crippen LogP contribution in [0.25, 0.3) is 0 Å². The molecule has 1 atom stereocenters. The van der Waals surface area contributed by atoms with Gasteiger partial charge in [-0.25, -0.2) is 18.4 Å². The van der Waals surface area contributed by atoms with Gasteiger partial charge in [0.15, 0.2) is 0 Å². The Morgan fingerprint density at radius 1 is 1.08 bits per heavy atom. The van der Waals surface area contributed by atoms with Gasteiger partial charge in [0.1, 0.15) is 17.5 Å². The molecule has 0 amide bonds. The lowest BCUT2D eigenvalue weighted by molar-refractivity contribution is 0.312. The number of fused-ring (bicyclic) bond motifs is 2. The number of aromatic amines is 1. The van der Waals surface area contributed by atoms with Crippen molar-refractivity contribution in [2.75, 3.05) is 65.9 Å². The maximum atomic E-state index is 12.5. The molecule has 1 unspecified atom stereocenters. The highest BCUT2D eigenvalue weighted by molar-refractivity contribution is 7.92. The Kier molecular flexibility index (Phi) is 5.62. The van der Waals surface area contributed by atoms with Gasteiger partial charge in [0.05, 0.1) is 23.2 Å². The van der Waals surface area contributed by atoms with Gasteiger partial charge >= 0.3 is 0 Å². The number of piperazine rings is 1. The van der Waals surface area contributed by atoms with Crippen LogP contribution in [0.4, 0.5) is 23.0 Å². The molecule has 2 aromatic heterocycles. The minimum absolute atomic E-state index is 0.419. The Morgan fingerprint density at radius 3 is 2.62 bits per heavy atom. The molecule has 1 fully saturated rings. The SMILES string of the molecule is CN1CCN(c2ccc(C3(N)N=C(Nc4cccc5c4N(S(C)(=O)=O)CC5)c4cc[nH]c4N3)cn2)CC1. The second-order valence-corrected chi connectivity index (χ2v) is 11.7. The summed E-state index contributed by atoms with van der Waals surface area (Å²) in [5.74, 6) is 0.896. The predicted octanol–water partition coefficient (Wildman–Crippen LogP) is 1.54. The molecule has 5 heterocycles. The zero-order chi connectivity index (χ0) is 25.8. The fraction of sp³-hybridized carbons (Fsp3) is 0.360. The van der Waals surface area contributed by atoms with Crippen molar-refractivity contribution in [2.24, 2.45) is 10.7 Å². The molecular formula is C25H31N9O2S. The Labute approximate surface area is 216 Å². The van der Waals surface area contributed by atoms with Crippen LogP contribution in [0.2, 0.25) is 0 Å². The van der Waals surface area contributed by atoms with Gasteiger partial charge in [-0.05, 0) is 43.3 Å².